The molecule has 1 amide bonds. The molecular formula is C18H27N3O. The lowest BCUT2D eigenvalue weighted by molar-refractivity contribution is -0.132. The van der Waals surface area contributed by atoms with Crippen molar-refractivity contribution in [2.24, 2.45) is 0 Å². The summed E-state index contributed by atoms with van der Waals surface area (Å²) in [6.07, 6.45) is 5.26. The van der Waals surface area contributed by atoms with Crippen molar-refractivity contribution in [1.82, 2.24) is 10.2 Å². The standard InChI is InChI=1S/C18H27N3O/c1-20(18(22)13-15-7-5-11-19-15)17-10-6-12-21(14-17)16-8-3-2-4-9-16/h2-4,8-9,15,17,19H,5-7,10-14H2,1H3. The molecule has 0 spiro atoms. The van der Waals surface area contributed by atoms with E-state index in [2.05, 4.69) is 40.5 Å². The van der Waals surface area contributed by atoms with Gasteiger partial charge in [0, 0.05) is 44.3 Å². The monoisotopic (exact) mass is 301 g/mol. The third kappa shape index (κ3) is 3.61. The van der Waals surface area contributed by atoms with E-state index in [1.807, 2.05) is 11.9 Å². The van der Waals surface area contributed by atoms with E-state index in [1.165, 1.54) is 12.1 Å². The first kappa shape index (κ1) is 15.3. The number of carbonyl (C=O) groups is 1. The maximum atomic E-state index is 12.5. The number of hydrogen-bond donors (Lipinski definition) is 1. The summed E-state index contributed by atoms with van der Waals surface area (Å²) in [5.74, 6) is 0.291. The Morgan fingerprint density at radius 3 is 2.82 bits per heavy atom. The Morgan fingerprint density at radius 1 is 1.27 bits per heavy atom. The molecule has 2 aliphatic heterocycles. The normalized spacial score (nSPS) is 25.2. The fraction of sp³-hybridized carbons (Fsp3) is 0.611. The molecule has 0 aromatic heterocycles. The SMILES string of the molecule is CN(C(=O)CC1CCCN1)C1CCCN(c2ccccc2)C1. The van der Waals surface area contributed by atoms with Crippen LogP contribution in [0.2, 0.25) is 0 Å². The van der Waals surface area contributed by atoms with Crippen LogP contribution in [0.1, 0.15) is 32.1 Å². The lowest BCUT2D eigenvalue weighted by Crippen LogP contribution is -2.49. The lowest BCUT2D eigenvalue weighted by Gasteiger charge is -2.39. The summed E-state index contributed by atoms with van der Waals surface area (Å²) in [5, 5.41) is 3.42. The van der Waals surface area contributed by atoms with Gasteiger partial charge in [-0.25, -0.2) is 0 Å². The summed E-state index contributed by atoms with van der Waals surface area (Å²) in [4.78, 5) is 16.9. The summed E-state index contributed by atoms with van der Waals surface area (Å²) in [6, 6.07) is 11.3. The second-order valence-electron chi connectivity index (χ2n) is 6.58. The number of likely N-dealkylation sites (N-methyl/N-ethyl adjacent to an activating group) is 1. The van der Waals surface area contributed by atoms with Gasteiger partial charge in [-0.15, -0.1) is 0 Å². The van der Waals surface area contributed by atoms with Gasteiger partial charge >= 0.3 is 0 Å². The molecule has 2 heterocycles. The average molecular weight is 301 g/mol. The van der Waals surface area contributed by atoms with Crippen LogP contribution in [0.3, 0.4) is 0 Å². The van der Waals surface area contributed by atoms with E-state index in [9.17, 15) is 4.79 Å². The molecule has 0 radical (unpaired) electrons. The van der Waals surface area contributed by atoms with Crippen LogP contribution in [0.15, 0.2) is 30.3 Å². The molecule has 4 nitrogen and oxygen atoms in total. The van der Waals surface area contributed by atoms with Gasteiger partial charge in [0.2, 0.25) is 5.91 Å². The number of benzene rings is 1. The zero-order valence-electron chi connectivity index (χ0n) is 13.5. The molecule has 0 saturated carbocycles. The van der Waals surface area contributed by atoms with Crippen molar-refractivity contribution in [2.75, 3.05) is 31.6 Å². The Hall–Kier alpha value is -1.55. The molecule has 2 fully saturated rings. The fourth-order valence-corrected chi connectivity index (χ4v) is 3.63. The van der Waals surface area contributed by atoms with Crippen LogP contribution in [0, 0.1) is 0 Å². The van der Waals surface area contributed by atoms with Crippen molar-refractivity contribution >= 4 is 11.6 Å². The van der Waals surface area contributed by atoms with Crippen LogP contribution in [0.4, 0.5) is 5.69 Å². The molecule has 1 aromatic carbocycles. The third-order valence-corrected chi connectivity index (χ3v) is 5.04. The van der Waals surface area contributed by atoms with Crippen LogP contribution in [-0.4, -0.2) is 49.6 Å². The molecule has 0 bridgehead atoms. The average Bonchev–Trinajstić information content (AvgIpc) is 3.08. The Kier molecular flexibility index (Phi) is 4.98. The number of rotatable bonds is 4. The van der Waals surface area contributed by atoms with Crippen molar-refractivity contribution in [3.05, 3.63) is 30.3 Å². The van der Waals surface area contributed by atoms with Gasteiger partial charge in [0.15, 0.2) is 0 Å². The van der Waals surface area contributed by atoms with Gasteiger partial charge in [-0.1, -0.05) is 18.2 Å². The predicted octanol–water partition coefficient (Wildman–Crippen LogP) is 2.26. The third-order valence-electron chi connectivity index (χ3n) is 5.04. The highest BCUT2D eigenvalue weighted by atomic mass is 16.2. The minimum atomic E-state index is 0.291. The van der Waals surface area contributed by atoms with E-state index in [1.54, 1.807) is 0 Å². The van der Waals surface area contributed by atoms with Crippen LogP contribution < -0.4 is 10.2 Å². The van der Waals surface area contributed by atoms with Gasteiger partial charge in [0.05, 0.1) is 0 Å². The van der Waals surface area contributed by atoms with Crippen LogP contribution >= 0.6 is 0 Å². The van der Waals surface area contributed by atoms with Crippen molar-refractivity contribution in [3.8, 4) is 0 Å². The molecule has 2 aliphatic rings. The van der Waals surface area contributed by atoms with Gasteiger partial charge in [0.25, 0.3) is 0 Å². The second kappa shape index (κ2) is 7.14. The van der Waals surface area contributed by atoms with E-state index in [0.717, 1.165) is 38.9 Å². The molecular weight excluding hydrogens is 274 g/mol. The number of piperidine rings is 1. The number of anilines is 1. The van der Waals surface area contributed by atoms with E-state index in [-0.39, 0.29) is 0 Å². The van der Waals surface area contributed by atoms with E-state index >= 15 is 0 Å². The summed E-state index contributed by atoms with van der Waals surface area (Å²) in [7, 11) is 1.98. The summed E-state index contributed by atoms with van der Waals surface area (Å²) >= 11 is 0. The van der Waals surface area contributed by atoms with Crippen molar-refractivity contribution in [3.63, 3.8) is 0 Å². The molecule has 1 N–H and O–H groups in total. The highest BCUT2D eigenvalue weighted by Gasteiger charge is 2.28. The molecule has 3 rings (SSSR count). The number of amides is 1. The maximum Gasteiger partial charge on any atom is 0.224 e. The molecule has 120 valence electrons. The Balaban J connectivity index is 1.57. The number of para-hydroxylation sites is 1. The van der Waals surface area contributed by atoms with Crippen LogP contribution in [0.5, 0.6) is 0 Å². The Morgan fingerprint density at radius 2 is 2.09 bits per heavy atom. The quantitative estimate of drug-likeness (QED) is 0.926. The Labute approximate surface area is 133 Å². The van der Waals surface area contributed by atoms with Gasteiger partial charge in [0.1, 0.15) is 0 Å². The summed E-state index contributed by atoms with van der Waals surface area (Å²) in [6.45, 7) is 3.10. The predicted molar refractivity (Wildman–Crippen MR) is 90.1 cm³/mol. The summed E-state index contributed by atoms with van der Waals surface area (Å²) < 4.78 is 0. The molecule has 22 heavy (non-hydrogen) atoms. The second-order valence-corrected chi connectivity index (χ2v) is 6.58. The molecule has 2 saturated heterocycles. The number of nitrogens with one attached hydrogen (secondary N) is 1. The first-order valence-electron chi connectivity index (χ1n) is 8.53. The maximum absolute atomic E-state index is 12.5. The molecule has 1 aromatic rings. The van der Waals surface area contributed by atoms with Crippen LogP contribution in [-0.2, 0) is 4.79 Å². The topological polar surface area (TPSA) is 35.6 Å². The zero-order chi connectivity index (χ0) is 15.4. The van der Waals surface area contributed by atoms with Gasteiger partial charge in [-0.3, -0.25) is 4.79 Å². The molecule has 2 atom stereocenters. The molecule has 2 unspecified atom stereocenters. The molecule has 4 heteroatoms. The van der Waals surface area contributed by atoms with E-state index in [4.69, 9.17) is 0 Å². The van der Waals surface area contributed by atoms with Gasteiger partial charge < -0.3 is 15.1 Å². The van der Waals surface area contributed by atoms with Gasteiger partial charge in [-0.05, 0) is 44.4 Å². The van der Waals surface area contributed by atoms with Crippen molar-refractivity contribution in [2.45, 2.75) is 44.2 Å². The smallest absolute Gasteiger partial charge is 0.224 e. The lowest BCUT2D eigenvalue weighted by atomic mass is 10.0. The first-order valence-corrected chi connectivity index (χ1v) is 8.53. The number of hydrogen-bond acceptors (Lipinski definition) is 3. The Bertz CT molecular complexity index is 484. The first-order chi connectivity index (χ1) is 10.7. The highest BCUT2D eigenvalue weighted by Crippen LogP contribution is 2.22. The van der Waals surface area contributed by atoms with Crippen molar-refractivity contribution in [1.29, 1.82) is 0 Å². The highest BCUT2D eigenvalue weighted by molar-refractivity contribution is 5.77. The van der Waals surface area contributed by atoms with E-state index < -0.39 is 0 Å². The largest absolute Gasteiger partial charge is 0.369 e. The minimum Gasteiger partial charge on any atom is -0.369 e. The zero-order valence-corrected chi connectivity index (χ0v) is 13.5. The van der Waals surface area contributed by atoms with Crippen LogP contribution in [0.25, 0.3) is 0 Å². The van der Waals surface area contributed by atoms with E-state index in [0.29, 0.717) is 24.4 Å². The summed E-state index contributed by atoms with van der Waals surface area (Å²) in [5.41, 5.74) is 1.27. The molecule has 0 aliphatic carbocycles. The van der Waals surface area contributed by atoms with Crippen molar-refractivity contribution < 1.29 is 4.79 Å². The number of carbonyl (C=O) groups excluding carboxylic acids is 1. The number of nitrogens with zero attached hydrogens (tertiary/aromatic N) is 2. The fourth-order valence-electron chi connectivity index (χ4n) is 3.63. The minimum absolute atomic E-state index is 0.291. The van der Waals surface area contributed by atoms with Gasteiger partial charge in [-0.2, -0.15) is 0 Å².